The quantitative estimate of drug-likeness (QED) is 0.756. The van der Waals surface area contributed by atoms with Crippen molar-refractivity contribution in [1.82, 2.24) is 0 Å². The highest BCUT2D eigenvalue weighted by molar-refractivity contribution is 6.23. The van der Waals surface area contributed by atoms with E-state index in [9.17, 15) is 9.59 Å². The number of hydrogen-bond acceptors (Lipinski definition) is 4. The molecule has 2 aromatic carbocycles. The minimum absolute atomic E-state index is 0.135. The van der Waals surface area contributed by atoms with Crippen LogP contribution in [-0.2, 0) is 14.4 Å². The van der Waals surface area contributed by atoms with Crippen molar-refractivity contribution in [2.24, 2.45) is 5.92 Å². The maximum Gasteiger partial charge on any atom is 0.266 e. The number of unbranched alkanes of at least 4 members (excludes halogenated alkanes) is 1. The van der Waals surface area contributed by atoms with Crippen LogP contribution in [0.5, 0.6) is 0 Å². The first-order valence-corrected chi connectivity index (χ1v) is 9.57. The molecule has 0 radical (unpaired) electrons. The van der Waals surface area contributed by atoms with Crippen molar-refractivity contribution in [3.63, 3.8) is 0 Å². The number of hydrogen-bond donors (Lipinski definition) is 0. The van der Waals surface area contributed by atoms with E-state index in [-0.39, 0.29) is 17.9 Å². The van der Waals surface area contributed by atoms with E-state index in [1.807, 2.05) is 61.5 Å². The van der Waals surface area contributed by atoms with Gasteiger partial charge in [0.05, 0.1) is 23.3 Å². The van der Waals surface area contributed by atoms with E-state index < -0.39 is 12.0 Å². The summed E-state index contributed by atoms with van der Waals surface area (Å²) in [5.74, 6) is -0.896. The SMILES string of the molecule is CCCC[C@H]1[C@@H]2C(=O)N(c3ccc(C)cc3)C(=O)[C@@H]2ON1c1ccccc1. The van der Waals surface area contributed by atoms with Gasteiger partial charge >= 0.3 is 0 Å². The van der Waals surface area contributed by atoms with Gasteiger partial charge in [-0.3, -0.25) is 14.4 Å². The van der Waals surface area contributed by atoms with Crippen LogP contribution in [0.15, 0.2) is 54.6 Å². The number of carbonyl (C=O) groups excluding carboxylic acids is 2. The largest absolute Gasteiger partial charge is 0.273 e. The number of imide groups is 1. The zero-order chi connectivity index (χ0) is 19.0. The molecule has 2 aliphatic heterocycles. The Balaban J connectivity index is 1.66. The van der Waals surface area contributed by atoms with E-state index in [2.05, 4.69) is 6.92 Å². The molecule has 2 fully saturated rings. The van der Waals surface area contributed by atoms with Gasteiger partial charge in [-0.05, 0) is 37.6 Å². The molecule has 5 nitrogen and oxygen atoms in total. The molecule has 0 unspecified atom stereocenters. The Hall–Kier alpha value is -2.66. The molecule has 140 valence electrons. The van der Waals surface area contributed by atoms with E-state index >= 15 is 0 Å². The van der Waals surface area contributed by atoms with Gasteiger partial charge in [0.25, 0.3) is 5.91 Å². The molecule has 0 saturated carbocycles. The zero-order valence-electron chi connectivity index (χ0n) is 15.7. The van der Waals surface area contributed by atoms with Crippen LogP contribution in [0.3, 0.4) is 0 Å². The second-order valence-electron chi connectivity index (χ2n) is 7.27. The topological polar surface area (TPSA) is 49.9 Å². The van der Waals surface area contributed by atoms with Gasteiger partial charge in [-0.25, -0.2) is 9.96 Å². The Labute approximate surface area is 159 Å². The average molecular weight is 364 g/mol. The molecule has 2 aromatic rings. The number of benzene rings is 2. The van der Waals surface area contributed by atoms with Crippen molar-refractivity contribution in [1.29, 1.82) is 0 Å². The molecular formula is C22H24N2O3. The lowest BCUT2D eigenvalue weighted by Crippen LogP contribution is -2.40. The highest BCUT2D eigenvalue weighted by Crippen LogP contribution is 2.41. The predicted octanol–water partition coefficient (Wildman–Crippen LogP) is 3.86. The molecule has 0 spiro atoms. The van der Waals surface area contributed by atoms with E-state index in [1.165, 1.54) is 4.90 Å². The van der Waals surface area contributed by atoms with E-state index in [4.69, 9.17) is 4.84 Å². The normalized spacial score (nSPS) is 24.6. The van der Waals surface area contributed by atoms with Crippen LogP contribution in [0, 0.1) is 12.8 Å². The second kappa shape index (κ2) is 7.16. The lowest BCUT2D eigenvalue weighted by molar-refractivity contribution is -0.126. The lowest BCUT2D eigenvalue weighted by Gasteiger charge is -2.28. The van der Waals surface area contributed by atoms with Crippen molar-refractivity contribution in [3.8, 4) is 0 Å². The van der Waals surface area contributed by atoms with Gasteiger partial charge in [-0.2, -0.15) is 0 Å². The summed E-state index contributed by atoms with van der Waals surface area (Å²) < 4.78 is 0. The van der Waals surface area contributed by atoms with Gasteiger partial charge in [0.1, 0.15) is 0 Å². The van der Waals surface area contributed by atoms with Crippen LogP contribution in [0.4, 0.5) is 11.4 Å². The number of rotatable bonds is 5. The van der Waals surface area contributed by atoms with Crippen molar-refractivity contribution in [2.75, 3.05) is 9.96 Å². The van der Waals surface area contributed by atoms with Crippen molar-refractivity contribution < 1.29 is 14.4 Å². The highest BCUT2D eigenvalue weighted by Gasteiger charge is 2.59. The molecule has 0 aromatic heterocycles. The summed E-state index contributed by atoms with van der Waals surface area (Å²) in [5.41, 5.74) is 2.59. The molecule has 2 amide bonds. The van der Waals surface area contributed by atoms with Gasteiger partial charge in [-0.1, -0.05) is 55.7 Å². The molecule has 2 aliphatic rings. The number of aryl methyl sites for hydroxylation is 1. The number of nitrogens with zero attached hydrogens (tertiary/aromatic N) is 2. The maximum atomic E-state index is 13.2. The van der Waals surface area contributed by atoms with Crippen molar-refractivity contribution in [2.45, 2.75) is 45.3 Å². The van der Waals surface area contributed by atoms with E-state index in [0.29, 0.717) is 5.69 Å². The van der Waals surface area contributed by atoms with Gasteiger partial charge in [0, 0.05) is 0 Å². The average Bonchev–Trinajstić information content (AvgIpc) is 3.18. The maximum absolute atomic E-state index is 13.2. The molecule has 2 heterocycles. The Bertz CT molecular complexity index is 834. The minimum Gasteiger partial charge on any atom is -0.273 e. The molecule has 4 rings (SSSR count). The summed E-state index contributed by atoms with van der Waals surface area (Å²) in [4.78, 5) is 33.6. The molecule has 0 bridgehead atoms. The second-order valence-corrected chi connectivity index (χ2v) is 7.27. The molecule has 5 heteroatoms. The molecule has 3 atom stereocenters. The first kappa shape index (κ1) is 17.7. The summed E-state index contributed by atoms with van der Waals surface area (Å²) in [6.45, 7) is 4.11. The summed E-state index contributed by atoms with van der Waals surface area (Å²) >= 11 is 0. The van der Waals surface area contributed by atoms with Crippen LogP contribution in [-0.4, -0.2) is 24.0 Å². The highest BCUT2D eigenvalue weighted by atomic mass is 16.7. The number of fused-ring (bicyclic) bond motifs is 1. The Morgan fingerprint density at radius 2 is 1.63 bits per heavy atom. The van der Waals surface area contributed by atoms with E-state index in [0.717, 1.165) is 30.5 Å². The first-order chi connectivity index (χ1) is 13.1. The van der Waals surface area contributed by atoms with Crippen molar-refractivity contribution in [3.05, 3.63) is 60.2 Å². The van der Waals surface area contributed by atoms with Gasteiger partial charge in [-0.15, -0.1) is 0 Å². The fraction of sp³-hybridized carbons (Fsp3) is 0.364. The number of amides is 2. The summed E-state index contributed by atoms with van der Waals surface area (Å²) in [6, 6.07) is 17.0. The summed E-state index contributed by atoms with van der Waals surface area (Å²) in [7, 11) is 0. The molecule has 27 heavy (non-hydrogen) atoms. The van der Waals surface area contributed by atoms with Crippen LogP contribution >= 0.6 is 0 Å². The van der Waals surface area contributed by atoms with E-state index in [1.54, 1.807) is 5.06 Å². The van der Waals surface area contributed by atoms with Gasteiger partial charge < -0.3 is 0 Å². The fourth-order valence-corrected chi connectivity index (χ4v) is 3.98. The van der Waals surface area contributed by atoms with Gasteiger partial charge in [0.2, 0.25) is 5.91 Å². The smallest absolute Gasteiger partial charge is 0.266 e. The molecular weight excluding hydrogens is 340 g/mol. The Kier molecular flexibility index (Phi) is 4.70. The third kappa shape index (κ3) is 3.02. The summed E-state index contributed by atoms with van der Waals surface area (Å²) in [5, 5.41) is 1.78. The van der Waals surface area contributed by atoms with Crippen LogP contribution in [0.1, 0.15) is 31.7 Å². The standard InChI is InChI=1S/C22H24N2O3/c1-3-4-10-18-19-20(27-24(18)17-8-6-5-7-9-17)22(26)23(21(19)25)16-13-11-15(2)12-14-16/h5-9,11-14,18-20H,3-4,10H2,1-2H3/t18-,19-,20+/m0/s1. The number of anilines is 2. The lowest BCUT2D eigenvalue weighted by atomic mass is 9.92. The van der Waals surface area contributed by atoms with Gasteiger partial charge in [0.15, 0.2) is 6.10 Å². The number of hydroxylamine groups is 1. The van der Waals surface area contributed by atoms with Crippen molar-refractivity contribution >= 4 is 23.2 Å². The number of carbonyl (C=O) groups is 2. The third-order valence-electron chi connectivity index (χ3n) is 5.39. The van der Waals surface area contributed by atoms with Crippen LogP contribution in [0.25, 0.3) is 0 Å². The molecule has 0 aliphatic carbocycles. The predicted molar refractivity (Wildman–Crippen MR) is 104 cm³/mol. The summed E-state index contributed by atoms with van der Waals surface area (Å²) in [6.07, 6.45) is 2.07. The van der Waals surface area contributed by atoms with Crippen LogP contribution in [0.2, 0.25) is 0 Å². The van der Waals surface area contributed by atoms with Crippen LogP contribution < -0.4 is 9.96 Å². The Morgan fingerprint density at radius 3 is 2.30 bits per heavy atom. The molecule has 2 saturated heterocycles. The zero-order valence-corrected chi connectivity index (χ0v) is 15.7. The first-order valence-electron chi connectivity index (χ1n) is 9.57. The fourth-order valence-electron chi connectivity index (χ4n) is 3.98. The number of para-hydroxylation sites is 1. The molecule has 0 N–H and O–H groups in total. The Morgan fingerprint density at radius 1 is 0.926 bits per heavy atom. The minimum atomic E-state index is -0.749. The monoisotopic (exact) mass is 364 g/mol. The third-order valence-corrected chi connectivity index (χ3v) is 5.39.